The Bertz CT molecular complexity index is 332. The quantitative estimate of drug-likeness (QED) is 0.589. The first-order chi connectivity index (χ1) is 8.86. The summed E-state index contributed by atoms with van der Waals surface area (Å²) < 4.78 is 4.92. The molecule has 2 atom stereocenters. The van der Waals surface area contributed by atoms with Crippen LogP contribution in [0.2, 0.25) is 0 Å². The number of ether oxygens (including phenoxy) is 1. The summed E-state index contributed by atoms with van der Waals surface area (Å²) in [5.74, 6) is 0.370. The Morgan fingerprint density at radius 1 is 1.53 bits per heavy atom. The Morgan fingerprint density at radius 2 is 2.21 bits per heavy atom. The third-order valence-electron chi connectivity index (χ3n) is 2.92. The van der Waals surface area contributed by atoms with Gasteiger partial charge in [0.2, 0.25) is 0 Å². The van der Waals surface area contributed by atoms with E-state index < -0.39 is 30.0 Å². The van der Waals surface area contributed by atoms with Crippen molar-refractivity contribution in [2.45, 2.75) is 26.4 Å². The topological polar surface area (TPSA) is 83.8 Å². The molecule has 0 radical (unpaired) electrons. The summed E-state index contributed by atoms with van der Waals surface area (Å²) in [7, 11) is 3.15. The molecule has 19 heavy (non-hydrogen) atoms. The number of ketones is 1. The lowest BCUT2D eigenvalue weighted by Crippen LogP contribution is -2.34. The van der Waals surface area contributed by atoms with Crippen LogP contribution in [0.25, 0.3) is 0 Å². The van der Waals surface area contributed by atoms with E-state index in [2.05, 4.69) is 0 Å². The fourth-order valence-corrected chi connectivity index (χ4v) is 4.43. The summed E-state index contributed by atoms with van der Waals surface area (Å²) in [4.78, 5) is 23.9. The maximum absolute atomic E-state index is 12.1. The van der Waals surface area contributed by atoms with E-state index in [0.717, 1.165) is 5.75 Å². The van der Waals surface area contributed by atoms with Crippen LogP contribution >= 0.6 is 21.6 Å². The monoisotopic (exact) mass is 308 g/mol. The van der Waals surface area contributed by atoms with Crippen molar-refractivity contribution in [3.8, 4) is 0 Å². The second kappa shape index (κ2) is 7.52. The van der Waals surface area contributed by atoms with Gasteiger partial charge in [-0.2, -0.15) is 0 Å². The minimum absolute atomic E-state index is 0.0601. The first-order valence-electron chi connectivity index (χ1n) is 6.10. The van der Waals surface area contributed by atoms with Gasteiger partial charge in [0.05, 0.1) is 12.5 Å². The van der Waals surface area contributed by atoms with Gasteiger partial charge in [-0.3, -0.25) is 9.59 Å². The Hall–Kier alpha value is -0.240. The number of hydrogen-bond donors (Lipinski definition) is 2. The Kier molecular flexibility index (Phi) is 6.65. The lowest BCUT2D eigenvalue weighted by molar-refractivity contribution is -0.153. The smallest absolute Gasteiger partial charge is 0.310 e. The van der Waals surface area contributed by atoms with Crippen LogP contribution in [0.15, 0.2) is 0 Å². The highest BCUT2D eigenvalue weighted by molar-refractivity contribution is 8.76. The van der Waals surface area contributed by atoms with E-state index in [9.17, 15) is 9.59 Å². The highest BCUT2D eigenvalue weighted by atomic mass is 33.1. The molecule has 0 aromatic heterocycles. The average Bonchev–Trinajstić information content (AvgIpc) is 2.37. The lowest BCUT2D eigenvalue weighted by Gasteiger charge is -2.27. The van der Waals surface area contributed by atoms with Gasteiger partial charge in [-0.1, -0.05) is 35.4 Å². The Morgan fingerprint density at radius 3 is 2.84 bits per heavy atom. The molecule has 0 amide bonds. The first kappa shape index (κ1) is 16.8. The molecule has 0 saturated carbocycles. The van der Waals surface area contributed by atoms with Gasteiger partial charge in [0.1, 0.15) is 18.5 Å². The van der Waals surface area contributed by atoms with Crippen LogP contribution in [0.3, 0.4) is 0 Å². The molecule has 1 rings (SSSR count). The predicted octanol–water partition coefficient (Wildman–Crippen LogP) is 0.879. The molecule has 0 aliphatic carbocycles. The molecule has 1 saturated heterocycles. The van der Waals surface area contributed by atoms with Crippen molar-refractivity contribution in [2.24, 2.45) is 11.3 Å². The second-order valence-corrected chi connectivity index (χ2v) is 7.73. The standard InChI is InChI=1S/C12H20O5S2/c1-12(2)7-19-18-6-8(3-10(12)15)11(16)17-5-9(14)4-13/h8-9,13-14H,3-7H2,1-2H3. The molecule has 0 bridgehead atoms. The van der Waals surface area contributed by atoms with Crippen molar-refractivity contribution in [1.29, 1.82) is 0 Å². The van der Waals surface area contributed by atoms with Crippen molar-refractivity contribution in [2.75, 3.05) is 24.7 Å². The van der Waals surface area contributed by atoms with E-state index in [4.69, 9.17) is 14.9 Å². The second-order valence-electron chi connectivity index (χ2n) is 5.22. The van der Waals surface area contributed by atoms with Gasteiger partial charge >= 0.3 is 5.97 Å². The summed E-state index contributed by atoms with van der Waals surface area (Å²) in [6.45, 7) is 3.08. The fraction of sp³-hybridized carbons (Fsp3) is 0.833. The van der Waals surface area contributed by atoms with Crippen LogP contribution in [0.1, 0.15) is 20.3 Å². The SMILES string of the molecule is CC1(C)CSSCC(C(=O)OCC(O)CO)CC1=O. The predicted molar refractivity (Wildman–Crippen MR) is 75.9 cm³/mol. The van der Waals surface area contributed by atoms with Gasteiger partial charge in [-0.15, -0.1) is 0 Å². The van der Waals surface area contributed by atoms with Crippen molar-refractivity contribution >= 4 is 33.3 Å². The maximum Gasteiger partial charge on any atom is 0.310 e. The van der Waals surface area contributed by atoms with Gasteiger partial charge in [0, 0.05) is 23.3 Å². The maximum atomic E-state index is 12.1. The molecule has 110 valence electrons. The third kappa shape index (κ3) is 5.33. The summed E-state index contributed by atoms with van der Waals surface area (Å²) in [6, 6.07) is 0. The van der Waals surface area contributed by atoms with Crippen molar-refractivity contribution in [3.05, 3.63) is 0 Å². The highest BCUT2D eigenvalue weighted by Gasteiger charge is 2.34. The van der Waals surface area contributed by atoms with E-state index in [0.29, 0.717) is 5.75 Å². The van der Waals surface area contributed by atoms with Crippen molar-refractivity contribution < 1.29 is 24.5 Å². The molecule has 7 heteroatoms. The minimum Gasteiger partial charge on any atom is -0.463 e. The summed E-state index contributed by atoms with van der Waals surface area (Å²) in [6.07, 6.45) is -0.888. The van der Waals surface area contributed by atoms with Crippen LogP contribution in [0, 0.1) is 11.3 Å². The summed E-state index contributed by atoms with van der Waals surface area (Å²) in [5.41, 5.74) is -0.429. The molecule has 1 aliphatic heterocycles. The fourth-order valence-electron chi connectivity index (χ4n) is 1.46. The molecule has 0 aromatic carbocycles. The van der Waals surface area contributed by atoms with E-state index in [1.807, 2.05) is 13.8 Å². The third-order valence-corrected chi connectivity index (χ3v) is 5.73. The van der Waals surface area contributed by atoms with Gasteiger partial charge in [0.15, 0.2) is 0 Å². The van der Waals surface area contributed by atoms with E-state index in [1.54, 1.807) is 21.6 Å². The van der Waals surface area contributed by atoms with Gasteiger partial charge < -0.3 is 14.9 Å². The zero-order valence-corrected chi connectivity index (χ0v) is 12.8. The van der Waals surface area contributed by atoms with E-state index in [-0.39, 0.29) is 18.8 Å². The molecule has 2 unspecified atom stereocenters. The molecule has 1 aliphatic rings. The molecule has 0 aromatic rings. The Labute approximate surface area is 120 Å². The summed E-state index contributed by atoms with van der Waals surface area (Å²) >= 11 is 0. The number of hydrogen-bond acceptors (Lipinski definition) is 7. The first-order valence-corrected chi connectivity index (χ1v) is 8.59. The highest BCUT2D eigenvalue weighted by Crippen LogP contribution is 2.37. The van der Waals surface area contributed by atoms with Crippen LogP contribution in [-0.4, -0.2) is 52.8 Å². The molecule has 5 nitrogen and oxygen atoms in total. The summed E-state index contributed by atoms with van der Waals surface area (Å²) in [5, 5.41) is 17.8. The number of Topliss-reactive ketones (excluding diaryl/α,β-unsaturated/α-hetero) is 1. The zero-order chi connectivity index (χ0) is 14.5. The number of aliphatic hydroxyl groups is 2. The number of carbonyl (C=O) groups excluding carboxylic acids is 2. The number of esters is 1. The molecular formula is C12H20O5S2. The zero-order valence-electron chi connectivity index (χ0n) is 11.1. The Balaban J connectivity index is 2.55. The van der Waals surface area contributed by atoms with Crippen molar-refractivity contribution in [1.82, 2.24) is 0 Å². The molecule has 0 spiro atoms. The van der Waals surface area contributed by atoms with E-state index >= 15 is 0 Å². The van der Waals surface area contributed by atoms with Crippen LogP contribution in [0.5, 0.6) is 0 Å². The van der Waals surface area contributed by atoms with Gasteiger partial charge in [0.25, 0.3) is 0 Å². The van der Waals surface area contributed by atoms with Crippen LogP contribution < -0.4 is 0 Å². The number of rotatable bonds is 4. The largest absolute Gasteiger partial charge is 0.463 e. The normalized spacial score (nSPS) is 25.3. The lowest BCUT2D eigenvalue weighted by atomic mass is 9.85. The van der Waals surface area contributed by atoms with Crippen LogP contribution in [-0.2, 0) is 14.3 Å². The number of aliphatic hydroxyl groups excluding tert-OH is 2. The van der Waals surface area contributed by atoms with Crippen LogP contribution in [0.4, 0.5) is 0 Å². The van der Waals surface area contributed by atoms with E-state index in [1.165, 1.54) is 0 Å². The molecule has 1 heterocycles. The molecule has 2 N–H and O–H groups in total. The average molecular weight is 308 g/mol. The minimum atomic E-state index is -1.06. The van der Waals surface area contributed by atoms with Gasteiger partial charge in [-0.25, -0.2) is 0 Å². The number of carbonyl (C=O) groups is 2. The van der Waals surface area contributed by atoms with Gasteiger partial charge in [-0.05, 0) is 0 Å². The molecular weight excluding hydrogens is 288 g/mol. The molecule has 1 fully saturated rings. The van der Waals surface area contributed by atoms with Crippen molar-refractivity contribution in [3.63, 3.8) is 0 Å².